The first-order valence-electron chi connectivity index (χ1n) is 9.91. The number of amides is 2. The molecule has 0 radical (unpaired) electrons. The molecular weight excluding hydrogens is 364 g/mol. The molecule has 2 aromatic carbocycles. The zero-order valence-corrected chi connectivity index (χ0v) is 16.6. The van der Waals surface area contributed by atoms with Gasteiger partial charge in [0.1, 0.15) is 0 Å². The Morgan fingerprint density at radius 3 is 2.24 bits per heavy atom. The smallest absolute Gasteiger partial charge is 0.255 e. The second-order valence-electron chi connectivity index (χ2n) is 7.16. The van der Waals surface area contributed by atoms with E-state index in [1.54, 1.807) is 6.08 Å². The highest BCUT2D eigenvalue weighted by Gasteiger charge is 2.19. The van der Waals surface area contributed by atoms with Crippen molar-refractivity contribution < 1.29 is 9.59 Å². The van der Waals surface area contributed by atoms with E-state index in [1.807, 2.05) is 54.6 Å². The number of carbonyl (C=O) groups is 2. The third-order valence-electron chi connectivity index (χ3n) is 4.93. The third kappa shape index (κ3) is 6.55. The van der Waals surface area contributed by atoms with E-state index < -0.39 is 0 Å². The maximum Gasteiger partial charge on any atom is 0.255 e. The molecule has 1 aliphatic heterocycles. The summed E-state index contributed by atoms with van der Waals surface area (Å²) in [4.78, 5) is 28.7. The molecule has 2 N–H and O–H groups in total. The van der Waals surface area contributed by atoms with Crippen molar-refractivity contribution in [2.75, 3.05) is 44.6 Å². The molecule has 0 atom stereocenters. The molecule has 0 bridgehead atoms. The predicted octanol–water partition coefficient (Wildman–Crippen LogP) is 2.36. The fourth-order valence-electron chi connectivity index (χ4n) is 3.29. The molecular formula is C23H28N4O2. The van der Waals surface area contributed by atoms with Crippen molar-refractivity contribution in [3.63, 3.8) is 0 Å². The van der Waals surface area contributed by atoms with Gasteiger partial charge < -0.3 is 10.6 Å². The first-order chi connectivity index (χ1) is 14.1. The van der Waals surface area contributed by atoms with Gasteiger partial charge in [0.25, 0.3) is 5.91 Å². The normalized spacial score (nSPS) is 14.9. The molecule has 0 spiro atoms. The van der Waals surface area contributed by atoms with Crippen LogP contribution >= 0.6 is 0 Å². The summed E-state index contributed by atoms with van der Waals surface area (Å²) < 4.78 is 0. The number of carbonyl (C=O) groups excluding carboxylic acids is 2. The molecule has 0 aromatic heterocycles. The zero-order chi connectivity index (χ0) is 20.5. The fraction of sp³-hybridized carbons (Fsp3) is 0.304. The molecule has 3 rings (SSSR count). The Hall–Kier alpha value is -2.96. The van der Waals surface area contributed by atoms with Crippen LogP contribution in [0.5, 0.6) is 0 Å². The summed E-state index contributed by atoms with van der Waals surface area (Å²) in [6, 6.07) is 17.2. The van der Waals surface area contributed by atoms with E-state index in [0.717, 1.165) is 38.4 Å². The van der Waals surface area contributed by atoms with Crippen molar-refractivity contribution in [3.05, 3.63) is 78.4 Å². The lowest BCUT2D eigenvalue weighted by Crippen LogP contribution is -2.49. The summed E-state index contributed by atoms with van der Waals surface area (Å²) in [5.41, 5.74) is 2.61. The van der Waals surface area contributed by atoms with Crippen LogP contribution in [0.3, 0.4) is 0 Å². The van der Waals surface area contributed by atoms with Crippen LogP contribution in [0.1, 0.15) is 15.9 Å². The minimum atomic E-state index is -0.105. The number of hydrogen-bond donors (Lipinski definition) is 2. The molecule has 0 saturated carbocycles. The minimum Gasteiger partial charge on any atom is -0.352 e. The van der Waals surface area contributed by atoms with E-state index in [4.69, 9.17) is 0 Å². The van der Waals surface area contributed by atoms with Gasteiger partial charge in [-0.15, -0.1) is 6.58 Å². The second-order valence-corrected chi connectivity index (χ2v) is 7.16. The maximum atomic E-state index is 12.3. The van der Waals surface area contributed by atoms with Crippen molar-refractivity contribution in [1.29, 1.82) is 0 Å². The predicted molar refractivity (Wildman–Crippen MR) is 116 cm³/mol. The van der Waals surface area contributed by atoms with Crippen molar-refractivity contribution in [1.82, 2.24) is 15.1 Å². The van der Waals surface area contributed by atoms with Gasteiger partial charge in [0.2, 0.25) is 5.91 Å². The molecule has 0 unspecified atom stereocenters. The fourth-order valence-corrected chi connectivity index (χ4v) is 3.29. The quantitative estimate of drug-likeness (QED) is 0.677. The second kappa shape index (κ2) is 10.5. The molecule has 6 heteroatoms. The van der Waals surface area contributed by atoms with Crippen LogP contribution in [-0.2, 0) is 11.3 Å². The van der Waals surface area contributed by atoms with Gasteiger partial charge in [-0.1, -0.05) is 36.4 Å². The average molecular weight is 393 g/mol. The lowest BCUT2D eigenvalue weighted by Gasteiger charge is -2.34. The maximum absolute atomic E-state index is 12.3. The minimum absolute atomic E-state index is 0.0442. The van der Waals surface area contributed by atoms with E-state index in [-0.39, 0.29) is 11.8 Å². The molecule has 0 aliphatic carbocycles. The van der Waals surface area contributed by atoms with Crippen LogP contribution in [0.4, 0.5) is 5.69 Å². The average Bonchev–Trinajstić information content (AvgIpc) is 2.75. The van der Waals surface area contributed by atoms with Gasteiger partial charge in [0.05, 0.1) is 6.54 Å². The Morgan fingerprint density at radius 2 is 1.59 bits per heavy atom. The Kier molecular flexibility index (Phi) is 7.55. The van der Waals surface area contributed by atoms with E-state index in [9.17, 15) is 9.59 Å². The lowest BCUT2D eigenvalue weighted by molar-refractivity contribution is -0.122. The SMILES string of the molecule is C=CCNC(=O)CN1CCN(Cc2ccc(C(=O)Nc3ccccc3)cc2)CC1. The van der Waals surface area contributed by atoms with Gasteiger partial charge in [-0.05, 0) is 29.8 Å². The third-order valence-corrected chi connectivity index (χ3v) is 4.93. The number of para-hydroxylation sites is 1. The lowest BCUT2D eigenvalue weighted by atomic mass is 10.1. The van der Waals surface area contributed by atoms with Crippen molar-refractivity contribution in [2.45, 2.75) is 6.54 Å². The molecule has 2 amide bonds. The summed E-state index contributed by atoms with van der Waals surface area (Å²) in [5, 5.41) is 5.71. The number of rotatable bonds is 8. The summed E-state index contributed by atoms with van der Waals surface area (Å²) in [6.07, 6.45) is 1.69. The van der Waals surface area contributed by atoms with Crippen molar-refractivity contribution >= 4 is 17.5 Å². The molecule has 1 fully saturated rings. The van der Waals surface area contributed by atoms with E-state index in [1.165, 1.54) is 5.56 Å². The monoisotopic (exact) mass is 392 g/mol. The Bertz CT molecular complexity index is 813. The van der Waals surface area contributed by atoms with Crippen LogP contribution in [0.15, 0.2) is 67.3 Å². The Morgan fingerprint density at radius 1 is 0.931 bits per heavy atom. The van der Waals surface area contributed by atoms with Crippen LogP contribution in [-0.4, -0.2) is 60.9 Å². The number of hydrogen-bond acceptors (Lipinski definition) is 4. The first kappa shape index (κ1) is 20.8. The topological polar surface area (TPSA) is 64.7 Å². The molecule has 6 nitrogen and oxygen atoms in total. The van der Waals surface area contributed by atoms with Crippen LogP contribution < -0.4 is 10.6 Å². The van der Waals surface area contributed by atoms with Gasteiger partial charge >= 0.3 is 0 Å². The van der Waals surface area contributed by atoms with Crippen molar-refractivity contribution in [2.24, 2.45) is 0 Å². The summed E-state index contributed by atoms with van der Waals surface area (Å²) >= 11 is 0. The van der Waals surface area contributed by atoms with Crippen molar-refractivity contribution in [3.8, 4) is 0 Å². The van der Waals surface area contributed by atoms with E-state index >= 15 is 0 Å². The number of nitrogens with zero attached hydrogens (tertiary/aromatic N) is 2. The van der Waals surface area contributed by atoms with Gasteiger partial charge in [0.15, 0.2) is 0 Å². The number of piperazine rings is 1. The number of benzene rings is 2. The summed E-state index contributed by atoms with van der Waals surface area (Å²) in [6.45, 7) is 8.99. The molecule has 29 heavy (non-hydrogen) atoms. The molecule has 1 heterocycles. The summed E-state index contributed by atoms with van der Waals surface area (Å²) in [7, 11) is 0. The zero-order valence-electron chi connectivity index (χ0n) is 16.6. The molecule has 1 saturated heterocycles. The Labute approximate surface area is 172 Å². The largest absolute Gasteiger partial charge is 0.352 e. The van der Waals surface area contributed by atoms with Gasteiger partial charge in [-0.25, -0.2) is 0 Å². The number of anilines is 1. The Balaban J connectivity index is 1.44. The van der Waals surface area contributed by atoms with E-state index in [2.05, 4.69) is 27.0 Å². The standard InChI is InChI=1S/C23H28N4O2/c1-2-12-24-22(28)18-27-15-13-26(14-16-27)17-19-8-10-20(11-9-19)23(29)25-21-6-4-3-5-7-21/h2-11H,1,12-18H2,(H,24,28)(H,25,29). The molecule has 152 valence electrons. The molecule has 2 aromatic rings. The van der Waals surface area contributed by atoms with Crippen LogP contribution in [0, 0.1) is 0 Å². The highest BCUT2D eigenvalue weighted by Crippen LogP contribution is 2.12. The van der Waals surface area contributed by atoms with E-state index in [0.29, 0.717) is 18.7 Å². The van der Waals surface area contributed by atoms with Crippen LogP contribution in [0.2, 0.25) is 0 Å². The van der Waals surface area contributed by atoms with Gasteiger partial charge in [-0.3, -0.25) is 19.4 Å². The highest BCUT2D eigenvalue weighted by atomic mass is 16.2. The first-order valence-corrected chi connectivity index (χ1v) is 9.91. The van der Waals surface area contributed by atoms with Gasteiger partial charge in [-0.2, -0.15) is 0 Å². The summed E-state index contributed by atoms with van der Waals surface area (Å²) in [5.74, 6) is -0.0613. The van der Waals surface area contributed by atoms with Crippen LogP contribution in [0.25, 0.3) is 0 Å². The highest BCUT2D eigenvalue weighted by molar-refractivity contribution is 6.04. The van der Waals surface area contributed by atoms with Gasteiger partial charge in [0, 0.05) is 50.5 Å². The number of nitrogens with one attached hydrogen (secondary N) is 2. The molecule has 1 aliphatic rings.